The van der Waals surface area contributed by atoms with E-state index in [9.17, 15) is 10.1 Å². The second kappa shape index (κ2) is 9.21. The number of furan rings is 1. The van der Waals surface area contributed by atoms with Crippen molar-refractivity contribution in [3.8, 4) is 0 Å². The molecule has 2 aromatic rings. The van der Waals surface area contributed by atoms with Crippen LogP contribution in [0.1, 0.15) is 17.7 Å². The van der Waals surface area contributed by atoms with Crippen LogP contribution in [0.5, 0.6) is 0 Å². The highest BCUT2D eigenvalue weighted by Gasteiger charge is 2.15. The first-order chi connectivity index (χ1) is 12.6. The Morgan fingerprint density at radius 3 is 2.73 bits per heavy atom. The quantitative estimate of drug-likeness (QED) is 0.399. The van der Waals surface area contributed by atoms with Crippen molar-refractivity contribution in [2.75, 3.05) is 39.8 Å². The van der Waals surface area contributed by atoms with Gasteiger partial charge in [-0.15, -0.1) is 11.8 Å². The number of hydrogen-bond acceptors (Lipinski definition) is 6. The minimum Gasteiger partial charge on any atom is -0.468 e. The molecule has 0 radical (unpaired) electrons. The molecule has 6 nitrogen and oxygen atoms in total. The van der Waals surface area contributed by atoms with Crippen LogP contribution in [0.15, 0.2) is 45.9 Å². The molecule has 2 heterocycles. The van der Waals surface area contributed by atoms with Gasteiger partial charge in [0.15, 0.2) is 0 Å². The number of non-ortho nitro benzene ring substituents is 1. The number of piperazine rings is 1. The van der Waals surface area contributed by atoms with Gasteiger partial charge in [0.2, 0.25) is 0 Å². The molecule has 26 heavy (non-hydrogen) atoms. The summed E-state index contributed by atoms with van der Waals surface area (Å²) in [6.45, 7) is 5.47. The van der Waals surface area contributed by atoms with Crippen LogP contribution >= 0.6 is 11.8 Å². The normalized spacial score (nSPS) is 16.0. The number of thioether (sulfide) groups is 1. The lowest BCUT2D eigenvalue weighted by molar-refractivity contribution is -0.385. The highest BCUT2D eigenvalue weighted by Crippen LogP contribution is 2.30. The fourth-order valence-corrected chi connectivity index (χ4v) is 4.10. The molecule has 1 aliphatic rings. The zero-order valence-corrected chi connectivity index (χ0v) is 15.9. The van der Waals surface area contributed by atoms with Gasteiger partial charge in [0, 0.05) is 43.2 Å². The molecule has 0 spiro atoms. The van der Waals surface area contributed by atoms with Gasteiger partial charge in [-0.25, -0.2) is 0 Å². The van der Waals surface area contributed by atoms with Crippen LogP contribution in [-0.4, -0.2) is 54.5 Å². The highest BCUT2D eigenvalue weighted by atomic mass is 32.2. The Morgan fingerprint density at radius 2 is 2.04 bits per heavy atom. The molecule has 0 unspecified atom stereocenters. The molecule has 1 saturated heterocycles. The zero-order valence-electron chi connectivity index (χ0n) is 15.1. The molecule has 7 heteroatoms. The van der Waals surface area contributed by atoms with E-state index < -0.39 is 0 Å². The first-order valence-corrected chi connectivity index (χ1v) is 9.94. The molecule has 1 aromatic carbocycles. The Labute approximate surface area is 158 Å². The Hall–Kier alpha value is -1.83. The number of likely N-dealkylation sites (N-methyl/N-ethyl adjacent to an activating group) is 1. The van der Waals surface area contributed by atoms with E-state index in [0.29, 0.717) is 0 Å². The van der Waals surface area contributed by atoms with E-state index in [0.717, 1.165) is 67.5 Å². The minimum absolute atomic E-state index is 0.168. The summed E-state index contributed by atoms with van der Waals surface area (Å²) in [7, 11) is 2.16. The summed E-state index contributed by atoms with van der Waals surface area (Å²) in [6.07, 6.45) is 3.54. The van der Waals surface area contributed by atoms with Crippen molar-refractivity contribution in [3.63, 3.8) is 0 Å². The minimum atomic E-state index is -0.315. The van der Waals surface area contributed by atoms with E-state index in [4.69, 9.17) is 4.42 Å². The predicted octanol–water partition coefficient (Wildman–Crippen LogP) is 3.66. The van der Waals surface area contributed by atoms with Crippen molar-refractivity contribution in [2.24, 2.45) is 0 Å². The summed E-state index contributed by atoms with van der Waals surface area (Å²) < 4.78 is 5.39. The molecule has 0 bridgehead atoms. The Morgan fingerprint density at radius 1 is 1.23 bits per heavy atom. The van der Waals surface area contributed by atoms with Crippen LogP contribution in [0.4, 0.5) is 5.69 Å². The topological polar surface area (TPSA) is 62.8 Å². The van der Waals surface area contributed by atoms with Gasteiger partial charge >= 0.3 is 0 Å². The lowest BCUT2D eigenvalue weighted by Gasteiger charge is -2.32. The van der Waals surface area contributed by atoms with Crippen LogP contribution in [0.3, 0.4) is 0 Å². The zero-order chi connectivity index (χ0) is 18.4. The van der Waals surface area contributed by atoms with Crippen molar-refractivity contribution >= 4 is 17.4 Å². The average Bonchev–Trinajstić information content (AvgIpc) is 3.15. The first kappa shape index (κ1) is 18.9. The van der Waals surface area contributed by atoms with E-state index in [1.807, 2.05) is 18.2 Å². The van der Waals surface area contributed by atoms with E-state index >= 15 is 0 Å². The Bertz CT molecular complexity index is 713. The van der Waals surface area contributed by atoms with Crippen LogP contribution in [0.2, 0.25) is 0 Å². The molecule has 1 aliphatic heterocycles. The number of nitro benzene ring substituents is 1. The third kappa shape index (κ3) is 5.33. The monoisotopic (exact) mass is 375 g/mol. The van der Waals surface area contributed by atoms with E-state index in [-0.39, 0.29) is 10.6 Å². The van der Waals surface area contributed by atoms with Gasteiger partial charge in [-0.2, -0.15) is 0 Å². The maximum Gasteiger partial charge on any atom is 0.269 e. The Balaban J connectivity index is 1.60. The summed E-state index contributed by atoms with van der Waals surface area (Å²) >= 11 is 1.67. The first-order valence-electron chi connectivity index (χ1n) is 8.95. The third-order valence-corrected chi connectivity index (χ3v) is 5.86. The van der Waals surface area contributed by atoms with Gasteiger partial charge in [0.1, 0.15) is 5.76 Å². The summed E-state index contributed by atoms with van der Waals surface area (Å²) in [4.78, 5) is 16.7. The number of rotatable bonds is 8. The van der Waals surface area contributed by atoms with Gasteiger partial charge in [0.05, 0.1) is 16.9 Å². The van der Waals surface area contributed by atoms with Gasteiger partial charge in [0.25, 0.3) is 5.69 Å². The van der Waals surface area contributed by atoms with Gasteiger partial charge in [-0.3, -0.25) is 10.1 Å². The second-order valence-electron chi connectivity index (χ2n) is 6.67. The summed E-state index contributed by atoms with van der Waals surface area (Å²) in [5.74, 6) is 1.65. The van der Waals surface area contributed by atoms with Crippen molar-refractivity contribution in [2.45, 2.75) is 23.5 Å². The second-order valence-corrected chi connectivity index (χ2v) is 7.68. The SMILES string of the molecule is CN1CCN(CCCc2cc([N+](=O)[O-])ccc2SCc2ccco2)CC1. The molecule has 1 fully saturated rings. The number of aryl methyl sites for hydroxylation is 1. The standard InChI is InChI=1S/C19H25N3O3S/c1-20-9-11-21(12-10-20)8-2-4-16-14-17(22(23)24)6-7-19(16)26-15-18-5-3-13-25-18/h3,5-7,13-14H,2,4,8-12,15H2,1H3. The van der Waals surface area contributed by atoms with Crippen LogP contribution in [0.25, 0.3) is 0 Å². The van der Waals surface area contributed by atoms with Crippen molar-refractivity contribution in [1.82, 2.24) is 9.80 Å². The van der Waals surface area contributed by atoms with E-state index in [1.54, 1.807) is 30.2 Å². The lowest BCUT2D eigenvalue weighted by atomic mass is 10.1. The van der Waals surface area contributed by atoms with Gasteiger partial charge in [-0.1, -0.05) is 0 Å². The average molecular weight is 375 g/mol. The molecule has 3 rings (SSSR count). The number of nitro groups is 1. The molecule has 140 valence electrons. The van der Waals surface area contributed by atoms with Crippen LogP contribution in [0, 0.1) is 10.1 Å². The number of nitrogens with zero attached hydrogens (tertiary/aromatic N) is 3. The number of hydrogen-bond donors (Lipinski definition) is 0. The molecule has 0 N–H and O–H groups in total. The smallest absolute Gasteiger partial charge is 0.269 e. The van der Waals surface area contributed by atoms with Crippen molar-refractivity contribution in [1.29, 1.82) is 0 Å². The van der Waals surface area contributed by atoms with E-state index in [1.165, 1.54) is 0 Å². The Kier molecular flexibility index (Phi) is 6.71. The van der Waals surface area contributed by atoms with Crippen LogP contribution in [-0.2, 0) is 12.2 Å². The molecular weight excluding hydrogens is 350 g/mol. The van der Waals surface area contributed by atoms with E-state index in [2.05, 4.69) is 16.8 Å². The van der Waals surface area contributed by atoms with Gasteiger partial charge < -0.3 is 14.2 Å². The maximum absolute atomic E-state index is 11.1. The molecular formula is C19H25N3O3S. The largest absolute Gasteiger partial charge is 0.468 e. The summed E-state index contributed by atoms with van der Waals surface area (Å²) in [5.41, 5.74) is 1.23. The summed E-state index contributed by atoms with van der Waals surface area (Å²) in [6, 6.07) is 9.02. The fraction of sp³-hybridized carbons (Fsp3) is 0.474. The third-order valence-electron chi connectivity index (χ3n) is 4.72. The van der Waals surface area contributed by atoms with Crippen LogP contribution < -0.4 is 0 Å². The highest BCUT2D eigenvalue weighted by molar-refractivity contribution is 7.98. The van der Waals surface area contributed by atoms with Crippen molar-refractivity contribution < 1.29 is 9.34 Å². The lowest BCUT2D eigenvalue weighted by Crippen LogP contribution is -2.44. The molecule has 0 atom stereocenters. The van der Waals surface area contributed by atoms with Crippen molar-refractivity contribution in [3.05, 3.63) is 58.0 Å². The fourth-order valence-electron chi connectivity index (χ4n) is 3.12. The maximum atomic E-state index is 11.1. The summed E-state index contributed by atoms with van der Waals surface area (Å²) in [5, 5.41) is 11.1. The predicted molar refractivity (Wildman–Crippen MR) is 104 cm³/mol. The van der Waals surface area contributed by atoms with Gasteiger partial charge in [-0.05, 0) is 50.2 Å². The molecule has 0 aliphatic carbocycles. The molecule has 0 saturated carbocycles. The molecule has 0 amide bonds. The number of benzene rings is 1. The molecule has 1 aromatic heterocycles.